The molecule has 0 radical (unpaired) electrons. The van der Waals surface area contributed by atoms with Crippen LogP contribution in [0.25, 0.3) is 6.08 Å². The second kappa shape index (κ2) is 5.32. The van der Waals surface area contributed by atoms with E-state index >= 15 is 0 Å². The summed E-state index contributed by atoms with van der Waals surface area (Å²) in [5, 5.41) is 0. The van der Waals surface area contributed by atoms with Gasteiger partial charge in [0.2, 0.25) is 5.82 Å². The van der Waals surface area contributed by atoms with Crippen molar-refractivity contribution in [3.63, 3.8) is 0 Å². The third kappa shape index (κ3) is 2.65. The molecule has 2 aliphatic carbocycles. The Morgan fingerprint density at radius 1 is 1.00 bits per heavy atom. The minimum atomic E-state index is -0.859. The molecule has 2 aliphatic rings. The zero-order valence-corrected chi connectivity index (χ0v) is 10.9. The molecule has 1 nitrogen and oxygen atoms in total. The van der Waals surface area contributed by atoms with Crippen molar-refractivity contribution < 1.29 is 13.5 Å². The van der Waals surface area contributed by atoms with Gasteiger partial charge in [0.1, 0.15) is 0 Å². The van der Waals surface area contributed by atoms with Gasteiger partial charge in [-0.3, -0.25) is 0 Å². The highest BCUT2D eigenvalue weighted by Crippen LogP contribution is 2.31. The van der Waals surface area contributed by atoms with Crippen molar-refractivity contribution >= 4 is 6.08 Å². The smallest absolute Gasteiger partial charge is 0.201 e. The summed E-state index contributed by atoms with van der Waals surface area (Å²) < 4.78 is 33.2. The van der Waals surface area contributed by atoms with Gasteiger partial charge in [-0.2, -0.15) is 4.39 Å². The lowest BCUT2D eigenvalue weighted by atomic mass is 9.85. The van der Waals surface area contributed by atoms with Gasteiger partial charge in [-0.05, 0) is 50.2 Å². The van der Waals surface area contributed by atoms with Gasteiger partial charge in [-0.25, -0.2) is 4.39 Å². The standard InChI is InChI=1S/C16H18F2O/c17-15-12(8-7-11-3-1-4-11)9-10-14(16(15)18)19-13-5-2-6-13/h7-11,13H,1-6H2/b8-7+. The van der Waals surface area contributed by atoms with Crippen molar-refractivity contribution in [2.45, 2.75) is 44.6 Å². The monoisotopic (exact) mass is 264 g/mol. The molecule has 0 heterocycles. The molecule has 0 saturated heterocycles. The van der Waals surface area contributed by atoms with Gasteiger partial charge in [0, 0.05) is 5.56 Å². The Morgan fingerprint density at radius 3 is 2.32 bits per heavy atom. The van der Waals surface area contributed by atoms with E-state index in [4.69, 9.17) is 4.74 Å². The maximum absolute atomic E-state index is 13.9. The van der Waals surface area contributed by atoms with E-state index in [1.165, 1.54) is 12.5 Å². The first-order valence-corrected chi connectivity index (χ1v) is 7.07. The number of hydrogen-bond donors (Lipinski definition) is 0. The minimum Gasteiger partial charge on any atom is -0.487 e. The first kappa shape index (κ1) is 12.6. The zero-order valence-electron chi connectivity index (χ0n) is 10.9. The number of rotatable bonds is 4. The summed E-state index contributed by atoms with van der Waals surface area (Å²) in [6, 6.07) is 3.14. The van der Waals surface area contributed by atoms with Gasteiger partial charge in [-0.15, -0.1) is 0 Å². The average molecular weight is 264 g/mol. The van der Waals surface area contributed by atoms with Crippen molar-refractivity contribution in [3.8, 4) is 5.75 Å². The molecule has 0 atom stereocenters. The topological polar surface area (TPSA) is 9.23 Å². The fraction of sp³-hybridized carbons (Fsp3) is 0.500. The number of hydrogen-bond acceptors (Lipinski definition) is 1. The van der Waals surface area contributed by atoms with E-state index in [-0.39, 0.29) is 11.9 Å². The molecule has 2 fully saturated rings. The summed E-state index contributed by atoms with van der Waals surface area (Å²) in [6.45, 7) is 0. The molecule has 2 saturated carbocycles. The molecule has 3 heteroatoms. The molecule has 19 heavy (non-hydrogen) atoms. The van der Waals surface area contributed by atoms with Gasteiger partial charge in [0.15, 0.2) is 11.6 Å². The highest BCUT2D eigenvalue weighted by atomic mass is 19.2. The Kier molecular flexibility index (Phi) is 3.54. The molecule has 1 aromatic carbocycles. The molecule has 0 amide bonds. The number of allylic oxidation sites excluding steroid dienone is 1. The van der Waals surface area contributed by atoms with Crippen molar-refractivity contribution in [1.29, 1.82) is 0 Å². The summed E-state index contributed by atoms with van der Waals surface area (Å²) in [7, 11) is 0. The highest BCUT2D eigenvalue weighted by Gasteiger charge is 2.22. The van der Waals surface area contributed by atoms with Crippen molar-refractivity contribution in [2.75, 3.05) is 0 Å². The quantitative estimate of drug-likeness (QED) is 0.765. The highest BCUT2D eigenvalue weighted by molar-refractivity contribution is 5.52. The third-order valence-corrected chi connectivity index (χ3v) is 4.12. The van der Waals surface area contributed by atoms with Crippen LogP contribution in [0.3, 0.4) is 0 Å². The van der Waals surface area contributed by atoms with Crippen LogP contribution in [0.4, 0.5) is 8.78 Å². The molecule has 0 N–H and O–H groups in total. The second-order valence-electron chi connectivity index (χ2n) is 5.50. The lowest BCUT2D eigenvalue weighted by Gasteiger charge is -2.26. The Labute approximate surface area is 112 Å². The van der Waals surface area contributed by atoms with Gasteiger partial charge in [-0.1, -0.05) is 18.6 Å². The summed E-state index contributed by atoms with van der Waals surface area (Å²) in [6.07, 6.45) is 10.3. The van der Waals surface area contributed by atoms with Crippen molar-refractivity contribution in [3.05, 3.63) is 35.4 Å². The van der Waals surface area contributed by atoms with Gasteiger partial charge in [0.05, 0.1) is 6.10 Å². The normalized spacial score (nSPS) is 20.3. The summed E-state index contributed by atoms with van der Waals surface area (Å²) in [5.74, 6) is -1.08. The van der Waals surface area contributed by atoms with Gasteiger partial charge >= 0.3 is 0 Å². The van der Waals surface area contributed by atoms with Crippen LogP contribution >= 0.6 is 0 Å². The van der Waals surface area contributed by atoms with Crippen LogP contribution in [0, 0.1) is 17.6 Å². The molecular formula is C16H18F2O. The number of halogens is 2. The van der Waals surface area contributed by atoms with Crippen molar-refractivity contribution in [1.82, 2.24) is 0 Å². The second-order valence-corrected chi connectivity index (χ2v) is 5.50. The molecule has 0 aromatic heterocycles. The first-order valence-electron chi connectivity index (χ1n) is 7.07. The van der Waals surface area contributed by atoms with Crippen LogP contribution in [-0.2, 0) is 0 Å². The van der Waals surface area contributed by atoms with Crippen LogP contribution in [0.1, 0.15) is 44.1 Å². The predicted molar refractivity (Wildman–Crippen MR) is 71.0 cm³/mol. The maximum Gasteiger partial charge on any atom is 0.201 e. The summed E-state index contributed by atoms with van der Waals surface area (Å²) in [5.41, 5.74) is 0.311. The molecule has 0 bridgehead atoms. The van der Waals surface area contributed by atoms with E-state index in [0.717, 1.165) is 32.1 Å². The maximum atomic E-state index is 13.9. The van der Waals surface area contributed by atoms with Crippen LogP contribution in [-0.4, -0.2) is 6.10 Å². The molecule has 102 valence electrons. The molecule has 0 unspecified atom stereocenters. The molecule has 3 rings (SSSR count). The fourth-order valence-electron chi connectivity index (χ4n) is 2.31. The number of benzene rings is 1. The van der Waals surface area contributed by atoms with Gasteiger partial charge < -0.3 is 4.74 Å². The lowest BCUT2D eigenvalue weighted by molar-refractivity contribution is 0.114. The Hall–Kier alpha value is -1.38. The largest absolute Gasteiger partial charge is 0.487 e. The molecular weight excluding hydrogens is 246 g/mol. The average Bonchev–Trinajstić information content (AvgIpc) is 2.29. The third-order valence-electron chi connectivity index (χ3n) is 4.12. The SMILES string of the molecule is Fc1c(/C=C/C2CCC2)ccc(OC2CCC2)c1F. The van der Waals surface area contributed by atoms with Crippen molar-refractivity contribution in [2.24, 2.45) is 5.92 Å². The molecule has 0 spiro atoms. The van der Waals surface area contributed by atoms with E-state index in [1.807, 2.05) is 6.08 Å². The molecule has 1 aromatic rings. The fourth-order valence-corrected chi connectivity index (χ4v) is 2.31. The van der Waals surface area contributed by atoms with Crippen LogP contribution < -0.4 is 4.74 Å². The predicted octanol–water partition coefficient (Wildman–Crippen LogP) is 4.71. The Bertz CT molecular complexity index is 488. The van der Waals surface area contributed by atoms with E-state index in [9.17, 15) is 8.78 Å². The molecule has 0 aliphatic heterocycles. The van der Waals surface area contributed by atoms with E-state index in [0.29, 0.717) is 11.5 Å². The first-order chi connectivity index (χ1) is 9.24. The zero-order chi connectivity index (χ0) is 13.2. The Balaban J connectivity index is 1.74. The lowest BCUT2D eigenvalue weighted by Crippen LogP contribution is -2.25. The summed E-state index contributed by atoms with van der Waals surface area (Å²) in [4.78, 5) is 0. The van der Waals surface area contributed by atoms with E-state index in [1.54, 1.807) is 12.1 Å². The minimum absolute atomic E-state index is 0.0444. The van der Waals surface area contributed by atoms with Crippen LogP contribution in [0.5, 0.6) is 5.75 Å². The Morgan fingerprint density at radius 2 is 1.74 bits per heavy atom. The van der Waals surface area contributed by atoms with Gasteiger partial charge in [0.25, 0.3) is 0 Å². The van der Waals surface area contributed by atoms with Crippen LogP contribution in [0.15, 0.2) is 18.2 Å². The van der Waals surface area contributed by atoms with E-state index in [2.05, 4.69) is 0 Å². The van der Waals surface area contributed by atoms with Crippen LogP contribution in [0.2, 0.25) is 0 Å². The van der Waals surface area contributed by atoms with E-state index < -0.39 is 11.6 Å². The summed E-state index contributed by atoms with van der Waals surface area (Å²) >= 11 is 0. The number of ether oxygens (including phenoxy) is 1.